The molecule has 0 aromatic rings. The first kappa shape index (κ1) is 31.4. The lowest BCUT2D eigenvalue weighted by Crippen LogP contribution is -2.37. The van der Waals surface area contributed by atoms with Crippen molar-refractivity contribution < 1.29 is 34.8 Å². The topological polar surface area (TPSA) is 65.3 Å². The fraction of sp³-hybridized carbons (Fsp3) is 0.524. The summed E-state index contributed by atoms with van der Waals surface area (Å²) in [5.41, 5.74) is -1.59. The van der Waals surface area contributed by atoms with Crippen LogP contribution in [-0.2, 0) is 9.84 Å². The second-order valence-electron chi connectivity index (χ2n) is 6.65. The van der Waals surface area contributed by atoms with E-state index in [0.717, 1.165) is 16.8 Å². The zero-order valence-corrected chi connectivity index (χ0v) is 20.7. The molecule has 1 heterocycles. The van der Waals surface area contributed by atoms with Crippen molar-refractivity contribution in [3.63, 3.8) is 0 Å². The Balaban J connectivity index is 0.00000529. The van der Waals surface area contributed by atoms with E-state index in [1.54, 1.807) is 0 Å². The van der Waals surface area contributed by atoms with E-state index in [1.165, 1.54) is 21.0 Å². The van der Waals surface area contributed by atoms with Crippen LogP contribution in [0.1, 0.15) is 27.7 Å². The molecule has 0 radical (unpaired) electrons. The van der Waals surface area contributed by atoms with E-state index in [-0.39, 0.29) is 17.2 Å². The lowest BCUT2D eigenvalue weighted by molar-refractivity contribution is -0.154. The predicted octanol–water partition coefficient (Wildman–Crippen LogP) is 5.31. The van der Waals surface area contributed by atoms with Gasteiger partial charge in [0.2, 0.25) is 0 Å². The van der Waals surface area contributed by atoms with Crippen molar-refractivity contribution in [1.82, 2.24) is 9.91 Å². The molecule has 6 nitrogen and oxygen atoms in total. The van der Waals surface area contributed by atoms with Crippen LogP contribution in [0.2, 0.25) is 0 Å². The first-order valence-electron chi connectivity index (χ1n) is 10.2. The summed E-state index contributed by atoms with van der Waals surface area (Å²) in [6, 6.07) is 0. The molecule has 0 saturated carbocycles. The molecule has 194 valence electrons. The number of aliphatic imine (C=N–C) groups is 1. The van der Waals surface area contributed by atoms with Crippen molar-refractivity contribution in [3.05, 3.63) is 47.2 Å². The number of amidine groups is 1. The van der Waals surface area contributed by atoms with E-state index < -0.39 is 50.9 Å². The Bertz CT molecular complexity index is 976. The molecular formula is C21H30F6N4O2S. The average Bonchev–Trinajstić information content (AvgIpc) is 3.25. The van der Waals surface area contributed by atoms with Crippen molar-refractivity contribution in [2.24, 2.45) is 16.0 Å². The van der Waals surface area contributed by atoms with Gasteiger partial charge in [0.25, 0.3) is 0 Å². The van der Waals surface area contributed by atoms with Gasteiger partial charge in [-0.3, -0.25) is 4.99 Å². The molecular weight excluding hydrogens is 486 g/mol. The van der Waals surface area contributed by atoms with E-state index in [9.17, 15) is 34.8 Å². The molecule has 0 aromatic carbocycles. The van der Waals surface area contributed by atoms with Crippen LogP contribution in [0.15, 0.2) is 57.3 Å². The minimum Gasteiger partial charge on any atom is -0.315 e. The first-order valence-corrected chi connectivity index (χ1v) is 11.8. The lowest BCUT2D eigenvalue weighted by atomic mass is 10.1. The minimum absolute atomic E-state index is 0.106. The molecule has 0 aliphatic carbocycles. The fourth-order valence-corrected chi connectivity index (χ4v) is 3.77. The van der Waals surface area contributed by atoms with Crippen LogP contribution < -0.4 is 0 Å². The van der Waals surface area contributed by atoms with Crippen LogP contribution in [-0.4, -0.2) is 69.1 Å². The smallest absolute Gasteiger partial charge is 0.315 e. The number of rotatable bonds is 7. The summed E-state index contributed by atoms with van der Waals surface area (Å²) >= 11 is 0. The summed E-state index contributed by atoms with van der Waals surface area (Å²) in [5.74, 6) is -2.66. The molecule has 1 aliphatic rings. The summed E-state index contributed by atoms with van der Waals surface area (Å²) in [5, 5.41) is 4.59. The number of nitrogens with zero attached hydrogens (tertiary/aromatic N) is 4. The average molecular weight is 517 g/mol. The number of alkyl halides is 6. The van der Waals surface area contributed by atoms with Crippen molar-refractivity contribution >= 4 is 21.9 Å². The molecule has 1 rings (SSSR count). The maximum Gasteiger partial charge on any atom is 0.416 e. The second-order valence-corrected chi connectivity index (χ2v) is 8.90. The molecule has 34 heavy (non-hydrogen) atoms. The summed E-state index contributed by atoms with van der Waals surface area (Å²) in [6.07, 6.45) is -7.48. The van der Waals surface area contributed by atoms with Crippen LogP contribution >= 0.6 is 0 Å². The zero-order valence-electron chi connectivity index (χ0n) is 19.9. The molecule has 0 saturated heterocycles. The summed E-state index contributed by atoms with van der Waals surface area (Å²) in [6.45, 7) is 13.0. The normalized spacial score (nSPS) is 17.9. The van der Waals surface area contributed by atoms with Crippen LogP contribution in [0.25, 0.3) is 0 Å². The van der Waals surface area contributed by atoms with Crippen LogP contribution in [0.3, 0.4) is 0 Å². The summed E-state index contributed by atoms with van der Waals surface area (Å²) < 4.78 is 104. The van der Waals surface area contributed by atoms with Crippen molar-refractivity contribution in [2.45, 2.75) is 40.0 Å². The van der Waals surface area contributed by atoms with E-state index in [4.69, 9.17) is 0 Å². The van der Waals surface area contributed by atoms with Gasteiger partial charge in [0.15, 0.2) is 9.84 Å². The molecule has 0 aromatic heterocycles. The highest BCUT2D eigenvalue weighted by Crippen LogP contribution is 2.33. The van der Waals surface area contributed by atoms with Crippen molar-refractivity contribution in [3.8, 4) is 0 Å². The number of likely N-dealkylation sites (N-methyl/N-ethyl adjacent to an activating group) is 1. The molecule has 1 atom stereocenters. The summed E-state index contributed by atoms with van der Waals surface area (Å²) in [4.78, 5) is 4.28. The monoisotopic (exact) mass is 516 g/mol. The second kappa shape index (κ2) is 12.2. The highest BCUT2D eigenvalue weighted by molar-refractivity contribution is 7.95. The highest BCUT2D eigenvalue weighted by atomic mass is 32.2. The minimum atomic E-state index is -4.82. The Labute approximate surface area is 196 Å². The van der Waals surface area contributed by atoms with Gasteiger partial charge in [-0.05, 0) is 13.0 Å². The van der Waals surface area contributed by atoms with Crippen molar-refractivity contribution in [2.75, 3.05) is 26.4 Å². The maximum atomic E-state index is 13.2. The molecule has 0 amide bonds. The Kier molecular flexibility index (Phi) is 11.3. The number of sulfone groups is 1. The molecule has 0 bridgehead atoms. The SMILES string of the molecule is C=C(C(=NC)N(C)C(=C)N1CC(C(F)(F)F)C=N1)/C(=C\C(=C/C)C(F)(F)F)S(=O)(=O)CC.CC. The first-order chi connectivity index (χ1) is 15.5. The number of hydrogen-bond donors (Lipinski definition) is 0. The molecule has 0 fully saturated rings. The third-order valence-electron chi connectivity index (χ3n) is 4.60. The largest absolute Gasteiger partial charge is 0.416 e. The van der Waals surface area contributed by atoms with Gasteiger partial charge in [0.1, 0.15) is 17.6 Å². The number of allylic oxidation sites excluding steroid dienone is 3. The van der Waals surface area contributed by atoms with Gasteiger partial charge in [-0.15, -0.1) is 0 Å². The number of halogens is 6. The third-order valence-corrected chi connectivity index (χ3v) is 6.39. The van der Waals surface area contributed by atoms with Gasteiger partial charge in [-0.1, -0.05) is 40.0 Å². The third kappa shape index (κ3) is 7.74. The van der Waals surface area contributed by atoms with Crippen molar-refractivity contribution in [1.29, 1.82) is 0 Å². The van der Waals surface area contributed by atoms with Gasteiger partial charge in [0, 0.05) is 25.9 Å². The standard InChI is InChI=1S/C19H24F6N4O2S.C2H6/c1-7-14(18(20,21)22)9-16(32(30,31)8-2)12(3)17(26-5)28(6)13(4)29-11-15(10-27-29)19(23,24)25;1-2/h7,9-10,15H,3-4,8,11H2,1-2,5-6H3;1-2H3/b14-7+,16-9+,26-17?;. The Morgan fingerprint density at radius 3 is 2.12 bits per heavy atom. The van der Waals surface area contributed by atoms with E-state index >= 15 is 0 Å². The Hall–Kier alpha value is -2.57. The van der Waals surface area contributed by atoms with E-state index in [1.807, 2.05) is 13.8 Å². The molecule has 0 N–H and O–H groups in total. The molecule has 1 aliphatic heterocycles. The van der Waals surface area contributed by atoms with Gasteiger partial charge >= 0.3 is 12.4 Å². The van der Waals surface area contributed by atoms with E-state index in [0.29, 0.717) is 18.4 Å². The maximum absolute atomic E-state index is 13.2. The van der Waals surface area contributed by atoms with Gasteiger partial charge in [-0.25, -0.2) is 13.4 Å². The quantitative estimate of drug-likeness (QED) is 0.199. The van der Waals surface area contributed by atoms with Gasteiger partial charge < -0.3 is 4.90 Å². The zero-order chi connectivity index (χ0) is 27.1. The molecule has 13 heteroatoms. The fourth-order valence-electron chi connectivity index (χ4n) is 2.68. The number of hydrazone groups is 1. The van der Waals surface area contributed by atoms with Crippen LogP contribution in [0, 0.1) is 5.92 Å². The molecule has 1 unspecified atom stereocenters. The van der Waals surface area contributed by atoms with Gasteiger partial charge in [0.05, 0.1) is 22.8 Å². The summed E-state index contributed by atoms with van der Waals surface area (Å²) in [7, 11) is -1.66. The van der Waals surface area contributed by atoms with Gasteiger partial charge in [-0.2, -0.15) is 31.4 Å². The highest BCUT2D eigenvalue weighted by Gasteiger charge is 2.43. The number of hydrogen-bond acceptors (Lipinski definition) is 5. The lowest BCUT2D eigenvalue weighted by Gasteiger charge is -2.30. The molecule has 0 spiro atoms. The van der Waals surface area contributed by atoms with Crippen LogP contribution in [0.5, 0.6) is 0 Å². The predicted molar refractivity (Wildman–Crippen MR) is 123 cm³/mol. The Morgan fingerprint density at radius 2 is 1.76 bits per heavy atom. The van der Waals surface area contributed by atoms with E-state index in [2.05, 4.69) is 23.3 Å². The van der Waals surface area contributed by atoms with Crippen LogP contribution in [0.4, 0.5) is 26.3 Å². The Morgan fingerprint density at radius 1 is 1.24 bits per heavy atom.